The van der Waals surface area contributed by atoms with Crippen molar-refractivity contribution in [1.29, 1.82) is 0 Å². The highest BCUT2D eigenvalue weighted by Crippen LogP contribution is 2.26. The zero-order valence-corrected chi connectivity index (χ0v) is 10.9. The largest absolute Gasteiger partial charge is 0.274 e. The van der Waals surface area contributed by atoms with Gasteiger partial charge in [0.05, 0.1) is 5.02 Å². The maximum Gasteiger partial charge on any atom is 0.268 e. The van der Waals surface area contributed by atoms with Gasteiger partial charge in [0.15, 0.2) is 0 Å². The summed E-state index contributed by atoms with van der Waals surface area (Å²) in [5.74, 6) is -0.406. The lowest BCUT2D eigenvalue weighted by Gasteiger charge is -2.15. The molecule has 2 heterocycles. The SMILES string of the molecule is O=C1CCCN1S(=O)(=O)c1cnc(Cl)c(Cl)c1. The first-order valence-corrected chi connectivity index (χ1v) is 6.99. The maximum absolute atomic E-state index is 12.1. The van der Waals surface area contributed by atoms with E-state index in [1.165, 1.54) is 6.07 Å². The number of carbonyl (C=O) groups excluding carboxylic acids is 1. The Morgan fingerprint density at radius 1 is 1.35 bits per heavy atom. The van der Waals surface area contributed by atoms with Crippen LogP contribution in [0.4, 0.5) is 0 Å². The van der Waals surface area contributed by atoms with Crippen molar-refractivity contribution in [3.05, 3.63) is 22.4 Å². The summed E-state index contributed by atoms with van der Waals surface area (Å²) >= 11 is 11.3. The second-order valence-electron chi connectivity index (χ2n) is 3.52. The minimum absolute atomic E-state index is 0.0263. The van der Waals surface area contributed by atoms with Gasteiger partial charge in [-0.15, -0.1) is 0 Å². The average molecular weight is 295 g/mol. The monoisotopic (exact) mass is 294 g/mol. The smallest absolute Gasteiger partial charge is 0.268 e. The van der Waals surface area contributed by atoms with Crippen LogP contribution < -0.4 is 0 Å². The molecule has 0 N–H and O–H groups in total. The molecule has 0 atom stereocenters. The van der Waals surface area contributed by atoms with Crippen LogP contribution in [0.1, 0.15) is 12.8 Å². The Kier molecular flexibility index (Phi) is 3.29. The summed E-state index contributed by atoms with van der Waals surface area (Å²) < 4.78 is 25.0. The number of nitrogens with zero attached hydrogens (tertiary/aromatic N) is 2. The molecule has 1 aliphatic heterocycles. The van der Waals surface area contributed by atoms with Crippen LogP contribution in [0.25, 0.3) is 0 Å². The molecule has 0 unspecified atom stereocenters. The van der Waals surface area contributed by atoms with Gasteiger partial charge in [0, 0.05) is 19.2 Å². The first kappa shape index (κ1) is 12.6. The normalized spacial score (nSPS) is 16.6. The quantitative estimate of drug-likeness (QED) is 0.779. The number of aromatic nitrogens is 1. The Morgan fingerprint density at radius 2 is 2.06 bits per heavy atom. The molecular formula is C9H8Cl2N2O3S. The number of hydrogen-bond acceptors (Lipinski definition) is 4. The molecule has 5 nitrogen and oxygen atoms in total. The fourth-order valence-corrected chi connectivity index (χ4v) is 3.32. The molecule has 1 aromatic heterocycles. The van der Waals surface area contributed by atoms with Crippen molar-refractivity contribution in [1.82, 2.24) is 9.29 Å². The van der Waals surface area contributed by atoms with Gasteiger partial charge >= 0.3 is 0 Å². The predicted molar refractivity (Wildman–Crippen MR) is 62.4 cm³/mol. The van der Waals surface area contributed by atoms with E-state index in [0.717, 1.165) is 10.5 Å². The van der Waals surface area contributed by atoms with Crippen LogP contribution in [0.2, 0.25) is 10.2 Å². The summed E-state index contributed by atoms with van der Waals surface area (Å²) in [6, 6.07) is 1.19. The second-order valence-corrected chi connectivity index (χ2v) is 6.15. The van der Waals surface area contributed by atoms with Crippen molar-refractivity contribution >= 4 is 39.1 Å². The standard InChI is InChI=1S/C9H8Cl2N2O3S/c10-7-4-6(5-12-9(7)11)17(15,16)13-3-1-2-8(13)14/h4-5H,1-3H2. The van der Waals surface area contributed by atoms with Crippen molar-refractivity contribution in [3.63, 3.8) is 0 Å². The van der Waals surface area contributed by atoms with Gasteiger partial charge in [0.1, 0.15) is 10.0 Å². The molecular weight excluding hydrogens is 287 g/mol. The highest BCUT2D eigenvalue weighted by molar-refractivity contribution is 7.89. The van der Waals surface area contributed by atoms with E-state index in [2.05, 4.69) is 4.98 Å². The number of halogens is 2. The number of rotatable bonds is 2. The number of hydrogen-bond donors (Lipinski definition) is 0. The van der Waals surface area contributed by atoms with E-state index in [-0.39, 0.29) is 28.0 Å². The molecule has 92 valence electrons. The molecule has 0 saturated carbocycles. The Hall–Kier alpha value is -0.850. The Labute approximate surface area is 108 Å². The van der Waals surface area contributed by atoms with E-state index < -0.39 is 15.9 Å². The van der Waals surface area contributed by atoms with Crippen LogP contribution in [0, 0.1) is 0 Å². The van der Waals surface area contributed by atoms with Crippen molar-refractivity contribution in [2.75, 3.05) is 6.54 Å². The van der Waals surface area contributed by atoms with Gasteiger partial charge in [-0.05, 0) is 12.5 Å². The summed E-state index contributed by atoms with van der Waals surface area (Å²) in [7, 11) is -3.85. The summed E-state index contributed by atoms with van der Waals surface area (Å²) in [5, 5.41) is 0.0674. The molecule has 1 amide bonds. The third kappa shape index (κ3) is 2.25. The van der Waals surface area contributed by atoms with Gasteiger partial charge < -0.3 is 0 Å². The molecule has 0 aliphatic carbocycles. The highest BCUT2D eigenvalue weighted by atomic mass is 35.5. The lowest BCUT2D eigenvalue weighted by atomic mass is 10.4. The van der Waals surface area contributed by atoms with E-state index in [0.29, 0.717) is 6.42 Å². The highest BCUT2D eigenvalue weighted by Gasteiger charge is 2.33. The van der Waals surface area contributed by atoms with E-state index in [9.17, 15) is 13.2 Å². The molecule has 2 rings (SSSR count). The molecule has 0 aromatic carbocycles. The Balaban J connectivity index is 2.44. The van der Waals surface area contributed by atoms with Crippen LogP contribution in [0.3, 0.4) is 0 Å². The third-order valence-corrected chi connectivity index (χ3v) is 4.86. The van der Waals surface area contributed by atoms with E-state index in [4.69, 9.17) is 23.2 Å². The molecule has 1 aromatic rings. The number of amides is 1. The van der Waals surface area contributed by atoms with Crippen molar-refractivity contribution in [3.8, 4) is 0 Å². The summed E-state index contributed by atoms with van der Waals surface area (Å²) in [5.41, 5.74) is 0. The molecule has 17 heavy (non-hydrogen) atoms. The number of pyridine rings is 1. The molecule has 1 aliphatic rings. The predicted octanol–water partition coefficient (Wildman–Crippen LogP) is 1.70. The lowest BCUT2D eigenvalue weighted by molar-refractivity contribution is -0.123. The third-order valence-electron chi connectivity index (χ3n) is 2.39. The Morgan fingerprint density at radius 3 is 2.59 bits per heavy atom. The zero-order valence-electron chi connectivity index (χ0n) is 8.56. The fourth-order valence-electron chi connectivity index (χ4n) is 1.55. The van der Waals surface area contributed by atoms with Crippen molar-refractivity contribution in [2.45, 2.75) is 17.7 Å². The van der Waals surface area contributed by atoms with Gasteiger partial charge in [-0.25, -0.2) is 17.7 Å². The first-order chi connectivity index (χ1) is 7.93. The second kappa shape index (κ2) is 4.44. The topological polar surface area (TPSA) is 67.3 Å². The summed E-state index contributed by atoms with van der Waals surface area (Å²) in [6.07, 6.45) is 1.87. The van der Waals surface area contributed by atoms with Crippen molar-refractivity contribution < 1.29 is 13.2 Å². The van der Waals surface area contributed by atoms with Crippen LogP contribution in [0.5, 0.6) is 0 Å². The minimum atomic E-state index is -3.85. The Bertz CT molecular complexity index is 574. The molecule has 1 fully saturated rings. The number of carbonyl (C=O) groups is 1. The van der Waals surface area contributed by atoms with E-state index in [1.807, 2.05) is 0 Å². The van der Waals surface area contributed by atoms with E-state index in [1.54, 1.807) is 0 Å². The summed E-state index contributed by atoms with van der Waals surface area (Å²) in [6.45, 7) is 0.196. The van der Waals surface area contributed by atoms with E-state index >= 15 is 0 Å². The lowest BCUT2D eigenvalue weighted by Crippen LogP contribution is -2.32. The summed E-state index contributed by atoms with van der Waals surface area (Å²) in [4.78, 5) is 14.9. The molecule has 8 heteroatoms. The van der Waals surface area contributed by atoms with Crippen LogP contribution in [-0.2, 0) is 14.8 Å². The van der Waals surface area contributed by atoms with Gasteiger partial charge in [-0.3, -0.25) is 4.79 Å². The average Bonchev–Trinajstić information content (AvgIpc) is 2.69. The molecule has 0 spiro atoms. The molecule has 0 radical (unpaired) electrons. The fraction of sp³-hybridized carbons (Fsp3) is 0.333. The molecule has 1 saturated heterocycles. The van der Waals surface area contributed by atoms with Crippen LogP contribution >= 0.6 is 23.2 Å². The molecule has 0 bridgehead atoms. The zero-order chi connectivity index (χ0) is 12.6. The van der Waals surface area contributed by atoms with Crippen molar-refractivity contribution in [2.24, 2.45) is 0 Å². The van der Waals surface area contributed by atoms with Gasteiger partial charge in [0.2, 0.25) is 5.91 Å². The minimum Gasteiger partial charge on any atom is -0.274 e. The van der Waals surface area contributed by atoms with Gasteiger partial charge in [0.25, 0.3) is 10.0 Å². The van der Waals surface area contributed by atoms with Crippen LogP contribution in [0.15, 0.2) is 17.2 Å². The van der Waals surface area contributed by atoms with Crippen LogP contribution in [-0.4, -0.2) is 30.2 Å². The first-order valence-electron chi connectivity index (χ1n) is 4.79. The maximum atomic E-state index is 12.1. The number of sulfonamides is 1. The van der Waals surface area contributed by atoms with Gasteiger partial charge in [-0.2, -0.15) is 0 Å². The van der Waals surface area contributed by atoms with Gasteiger partial charge in [-0.1, -0.05) is 23.2 Å².